The second-order valence-corrected chi connectivity index (χ2v) is 4.60. The topological polar surface area (TPSA) is 49.0 Å². The number of carbonyl (C=O) groups is 1. The van der Waals surface area contributed by atoms with Gasteiger partial charge in [0, 0.05) is 18.3 Å². The van der Waals surface area contributed by atoms with E-state index in [0.717, 1.165) is 23.2 Å². The number of H-pyrrole nitrogens is 1. The van der Waals surface area contributed by atoms with E-state index in [9.17, 15) is 13.6 Å². The van der Waals surface area contributed by atoms with Crippen molar-refractivity contribution >= 4 is 22.6 Å². The van der Waals surface area contributed by atoms with Crippen molar-refractivity contribution in [3.05, 3.63) is 59.9 Å². The quantitative estimate of drug-likeness (QED) is 0.787. The Hall–Kier alpha value is -2.76. The largest absolute Gasteiger partial charge is 0.345 e. The Morgan fingerprint density at radius 2 is 1.95 bits per heavy atom. The summed E-state index contributed by atoms with van der Waals surface area (Å²) in [6, 6.07) is 8.36. The Morgan fingerprint density at radius 3 is 2.71 bits per heavy atom. The zero-order valence-corrected chi connectivity index (χ0v) is 11.1. The van der Waals surface area contributed by atoms with E-state index in [4.69, 9.17) is 0 Å². The minimum atomic E-state index is -1.04. The van der Waals surface area contributed by atoms with Gasteiger partial charge in [0.05, 0.1) is 17.4 Å². The highest BCUT2D eigenvalue weighted by atomic mass is 19.2. The standard InChI is InChI=1S/C15H11F2N3O/c1-20(10-3-5-13-14(7-10)19-8-18-13)15(21)9-2-4-11(16)12(17)6-9/h2-8H,1H3,(H,18,19). The van der Waals surface area contributed by atoms with E-state index in [2.05, 4.69) is 9.97 Å². The molecule has 4 nitrogen and oxygen atoms in total. The molecule has 3 aromatic rings. The number of aromatic amines is 1. The highest BCUT2D eigenvalue weighted by Gasteiger charge is 2.16. The third kappa shape index (κ3) is 2.35. The number of imidazole rings is 1. The van der Waals surface area contributed by atoms with Gasteiger partial charge in [0.15, 0.2) is 11.6 Å². The van der Waals surface area contributed by atoms with Crippen molar-refractivity contribution in [1.82, 2.24) is 9.97 Å². The summed E-state index contributed by atoms with van der Waals surface area (Å²) >= 11 is 0. The predicted molar refractivity (Wildman–Crippen MR) is 75.2 cm³/mol. The Balaban J connectivity index is 1.94. The van der Waals surface area contributed by atoms with Crippen LogP contribution in [0.25, 0.3) is 11.0 Å². The molecule has 0 aliphatic carbocycles. The molecule has 0 unspecified atom stereocenters. The van der Waals surface area contributed by atoms with E-state index in [-0.39, 0.29) is 5.56 Å². The lowest BCUT2D eigenvalue weighted by Gasteiger charge is -2.17. The van der Waals surface area contributed by atoms with Crippen LogP contribution in [-0.2, 0) is 0 Å². The number of fused-ring (bicyclic) bond motifs is 1. The first-order chi connectivity index (χ1) is 10.1. The maximum Gasteiger partial charge on any atom is 0.258 e. The second kappa shape index (κ2) is 4.97. The predicted octanol–water partition coefficient (Wildman–Crippen LogP) is 3.12. The third-order valence-electron chi connectivity index (χ3n) is 3.26. The SMILES string of the molecule is CN(C(=O)c1ccc(F)c(F)c1)c1ccc2nc[nH]c2c1. The van der Waals surface area contributed by atoms with Crippen molar-refractivity contribution in [2.45, 2.75) is 0 Å². The molecule has 0 saturated carbocycles. The molecule has 0 spiro atoms. The Morgan fingerprint density at radius 1 is 1.14 bits per heavy atom. The van der Waals surface area contributed by atoms with Crippen LogP contribution in [0.5, 0.6) is 0 Å². The molecule has 6 heteroatoms. The van der Waals surface area contributed by atoms with E-state index >= 15 is 0 Å². The molecular formula is C15H11F2N3O. The van der Waals surface area contributed by atoms with Crippen LogP contribution in [0.15, 0.2) is 42.7 Å². The Kier molecular flexibility index (Phi) is 3.13. The van der Waals surface area contributed by atoms with Gasteiger partial charge in [-0.2, -0.15) is 0 Å². The fourth-order valence-electron chi connectivity index (χ4n) is 2.07. The number of nitrogens with one attached hydrogen (secondary N) is 1. The number of rotatable bonds is 2. The van der Waals surface area contributed by atoms with Gasteiger partial charge >= 0.3 is 0 Å². The highest BCUT2D eigenvalue weighted by Crippen LogP contribution is 2.21. The third-order valence-corrected chi connectivity index (χ3v) is 3.26. The van der Waals surface area contributed by atoms with E-state index in [0.29, 0.717) is 5.69 Å². The maximum atomic E-state index is 13.2. The molecule has 0 saturated heterocycles. The van der Waals surface area contributed by atoms with Crippen molar-refractivity contribution < 1.29 is 13.6 Å². The van der Waals surface area contributed by atoms with Gasteiger partial charge < -0.3 is 9.88 Å². The molecule has 1 heterocycles. The molecule has 0 fully saturated rings. The molecule has 21 heavy (non-hydrogen) atoms. The fourth-order valence-corrected chi connectivity index (χ4v) is 2.07. The van der Waals surface area contributed by atoms with E-state index in [1.807, 2.05) is 0 Å². The average molecular weight is 287 g/mol. The highest BCUT2D eigenvalue weighted by molar-refractivity contribution is 6.06. The number of carbonyl (C=O) groups excluding carboxylic acids is 1. The second-order valence-electron chi connectivity index (χ2n) is 4.60. The van der Waals surface area contributed by atoms with Gasteiger partial charge in [0.2, 0.25) is 0 Å². The molecule has 3 rings (SSSR count). The molecule has 106 valence electrons. The lowest BCUT2D eigenvalue weighted by molar-refractivity contribution is 0.0992. The van der Waals surface area contributed by atoms with Crippen LogP contribution in [-0.4, -0.2) is 22.9 Å². The van der Waals surface area contributed by atoms with E-state index in [1.165, 1.54) is 11.0 Å². The number of benzene rings is 2. The van der Waals surface area contributed by atoms with Crippen molar-refractivity contribution in [2.75, 3.05) is 11.9 Å². The zero-order valence-electron chi connectivity index (χ0n) is 11.1. The summed E-state index contributed by atoms with van der Waals surface area (Å²) < 4.78 is 26.1. The number of nitrogens with zero attached hydrogens (tertiary/aromatic N) is 2. The molecule has 0 radical (unpaired) electrons. The first-order valence-corrected chi connectivity index (χ1v) is 6.22. The normalized spacial score (nSPS) is 10.8. The smallest absolute Gasteiger partial charge is 0.258 e. The molecule has 0 aliphatic rings. The van der Waals surface area contributed by atoms with Crippen molar-refractivity contribution in [3.8, 4) is 0 Å². The van der Waals surface area contributed by atoms with Crippen molar-refractivity contribution in [2.24, 2.45) is 0 Å². The van der Waals surface area contributed by atoms with Crippen LogP contribution < -0.4 is 4.90 Å². The number of hydrogen-bond acceptors (Lipinski definition) is 2. The van der Waals surface area contributed by atoms with Gasteiger partial charge in [0.1, 0.15) is 0 Å². The Labute approximate surface area is 119 Å². The molecular weight excluding hydrogens is 276 g/mol. The minimum absolute atomic E-state index is 0.0844. The molecule has 0 aliphatic heterocycles. The van der Waals surface area contributed by atoms with Crippen LogP contribution in [0.4, 0.5) is 14.5 Å². The summed E-state index contributed by atoms with van der Waals surface area (Å²) in [6.07, 6.45) is 1.56. The van der Waals surface area contributed by atoms with Gasteiger partial charge in [-0.05, 0) is 36.4 Å². The monoisotopic (exact) mass is 287 g/mol. The number of anilines is 1. The van der Waals surface area contributed by atoms with Gasteiger partial charge in [-0.15, -0.1) is 0 Å². The molecule has 1 N–H and O–H groups in total. The lowest BCUT2D eigenvalue weighted by atomic mass is 10.1. The average Bonchev–Trinajstić information content (AvgIpc) is 2.96. The summed E-state index contributed by atoms with van der Waals surface area (Å²) in [5.41, 5.74) is 2.28. The van der Waals surface area contributed by atoms with Crippen LogP contribution in [0.3, 0.4) is 0 Å². The number of amides is 1. The molecule has 1 aromatic heterocycles. The van der Waals surface area contributed by atoms with Crippen LogP contribution >= 0.6 is 0 Å². The zero-order chi connectivity index (χ0) is 15.0. The number of halogens is 2. The minimum Gasteiger partial charge on any atom is -0.345 e. The molecule has 0 atom stereocenters. The van der Waals surface area contributed by atoms with Gasteiger partial charge in [-0.1, -0.05) is 0 Å². The van der Waals surface area contributed by atoms with Gasteiger partial charge in [-0.25, -0.2) is 13.8 Å². The Bertz CT molecular complexity index is 829. The fraction of sp³-hybridized carbons (Fsp3) is 0.0667. The molecule has 1 amide bonds. The van der Waals surface area contributed by atoms with E-state index < -0.39 is 17.5 Å². The van der Waals surface area contributed by atoms with Gasteiger partial charge in [0.25, 0.3) is 5.91 Å². The first-order valence-electron chi connectivity index (χ1n) is 6.22. The lowest BCUT2D eigenvalue weighted by Crippen LogP contribution is -2.26. The summed E-state index contributed by atoms with van der Waals surface area (Å²) in [5, 5.41) is 0. The van der Waals surface area contributed by atoms with Crippen LogP contribution in [0, 0.1) is 11.6 Å². The molecule has 0 bridgehead atoms. The number of aromatic nitrogens is 2. The van der Waals surface area contributed by atoms with Crippen LogP contribution in [0.2, 0.25) is 0 Å². The first kappa shape index (κ1) is 13.2. The van der Waals surface area contributed by atoms with Crippen LogP contribution in [0.1, 0.15) is 10.4 Å². The van der Waals surface area contributed by atoms with Crippen molar-refractivity contribution in [1.29, 1.82) is 0 Å². The summed E-state index contributed by atoms with van der Waals surface area (Å²) in [6.45, 7) is 0. The summed E-state index contributed by atoms with van der Waals surface area (Å²) in [4.78, 5) is 20.7. The maximum absolute atomic E-state index is 13.2. The number of hydrogen-bond donors (Lipinski definition) is 1. The van der Waals surface area contributed by atoms with Crippen molar-refractivity contribution in [3.63, 3.8) is 0 Å². The molecule has 2 aromatic carbocycles. The summed E-state index contributed by atoms with van der Waals surface area (Å²) in [5.74, 6) is -2.45. The summed E-state index contributed by atoms with van der Waals surface area (Å²) in [7, 11) is 1.57. The van der Waals surface area contributed by atoms with Gasteiger partial charge in [-0.3, -0.25) is 4.79 Å². The van der Waals surface area contributed by atoms with E-state index in [1.54, 1.807) is 31.6 Å².